The van der Waals surface area contributed by atoms with Gasteiger partial charge in [-0.3, -0.25) is 19.9 Å². The molecule has 1 aliphatic carbocycles. The third-order valence-electron chi connectivity index (χ3n) is 6.77. The van der Waals surface area contributed by atoms with Gasteiger partial charge >= 0.3 is 0 Å². The van der Waals surface area contributed by atoms with Crippen LogP contribution in [0.2, 0.25) is 0 Å². The molecule has 10 nitrogen and oxygen atoms in total. The minimum Gasteiger partial charge on any atom is -0.324 e. The number of nitrogens with zero attached hydrogens (tertiary/aromatic N) is 6. The molecule has 1 aliphatic rings. The molecule has 0 bridgehead atoms. The molecule has 0 aliphatic heterocycles. The number of hydrogen-bond donors (Lipinski definition) is 3. The SMILES string of the molecule is O=C(Nc1cncc(-c2ccc3[nH]nc(-c4nc5c(-c6cccnc6)ccnc5[nH]4)c3n2)c1)C1CCC1. The average Bonchev–Trinajstić information content (AvgIpc) is 3.52. The Bertz CT molecular complexity index is 1770. The van der Waals surface area contributed by atoms with Crippen LogP contribution in [0.1, 0.15) is 19.3 Å². The van der Waals surface area contributed by atoms with E-state index in [0.717, 1.165) is 47.0 Å². The van der Waals surface area contributed by atoms with Crippen molar-refractivity contribution in [2.45, 2.75) is 19.3 Å². The van der Waals surface area contributed by atoms with Crippen molar-refractivity contribution >= 4 is 33.8 Å². The highest BCUT2D eigenvalue weighted by Gasteiger charge is 2.25. The normalized spacial score (nSPS) is 13.6. The Balaban J connectivity index is 1.26. The van der Waals surface area contributed by atoms with Gasteiger partial charge in [0.15, 0.2) is 17.2 Å². The number of aromatic nitrogens is 8. The lowest BCUT2D eigenvalue weighted by molar-refractivity contribution is -0.122. The molecule has 10 heteroatoms. The predicted octanol–water partition coefficient (Wildman–Crippen LogP) is 4.76. The standard InChI is InChI=1S/C27H21N9O/c37-27(15-3-1-4-15)31-18-11-17(13-29-14-18)20-6-7-21-23(32-20)24(36-35-21)26-33-22-19(8-10-30-25(22)34-26)16-5-2-9-28-12-16/h2,5-15H,1,3-4H2,(H,31,37)(H,35,36)(H,30,33,34). The van der Waals surface area contributed by atoms with Crippen LogP contribution in [-0.2, 0) is 4.79 Å². The molecule has 6 aromatic rings. The van der Waals surface area contributed by atoms with E-state index in [2.05, 4.69) is 35.5 Å². The number of carbonyl (C=O) groups excluding carboxylic acids is 1. The van der Waals surface area contributed by atoms with Gasteiger partial charge in [-0.2, -0.15) is 5.10 Å². The van der Waals surface area contributed by atoms with Crippen molar-refractivity contribution in [1.29, 1.82) is 0 Å². The van der Waals surface area contributed by atoms with Gasteiger partial charge in [-0.25, -0.2) is 15.0 Å². The Morgan fingerprint density at radius 3 is 2.70 bits per heavy atom. The van der Waals surface area contributed by atoms with Crippen LogP contribution in [0.4, 0.5) is 5.69 Å². The summed E-state index contributed by atoms with van der Waals surface area (Å²) in [5.74, 6) is 0.716. The van der Waals surface area contributed by atoms with E-state index >= 15 is 0 Å². The van der Waals surface area contributed by atoms with Gasteiger partial charge in [0.05, 0.1) is 23.1 Å². The van der Waals surface area contributed by atoms with Crippen molar-refractivity contribution in [3.05, 3.63) is 67.4 Å². The molecule has 6 aromatic heterocycles. The van der Waals surface area contributed by atoms with E-state index in [1.807, 2.05) is 36.4 Å². The summed E-state index contributed by atoms with van der Waals surface area (Å²) in [6, 6.07) is 11.5. The topological polar surface area (TPSA) is 138 Å². The van der Waals surface area contributed by atoms with Crippen LogP contribution in [-0.4, -0.2) is 46.0 Å². The summed E-state index contributed by atoms with van der Waals surface area (Å²) in [7, 11) is 0. The highest BCUT2D eigenvalue weighted by molar-refractivity contribution is 5.95. The van der Waals surface area contributed by atoms with Gasteiger partial charge in [0.1, 0.15) is 11.0 Å². The number of carbonyl (C=O) groups is 1. The number of aromatic amines is 2. The van der Waals surface area contributed by atoms with Crippen LogP contribution in [0.15, 0.2) is 67.4 Å². The summed E-state index contributed by atoms with van der Waals surface area (Å²) in [4.78, 5) is 38.4. The van der Waals surface area contributed by atoms with Gasteiger partial charge in [-0.1, -0.05) is 12.5 Å². The summed E-state index contributed by atoms with van der Waals surface area (Å²) in [5, 5.41) is 10.5. The van der Waals surface area contributed by atoms with E-state index in [1.165, 1.54) is 0 Å². The number of pyridine rings is 4. The van der Waals surface area contributed by atoms with E-state index in [-0.39, 0.29) is 11.8 Å². The quantitative estimate of drug-likeness (QED) is 0.319. The van der Waals surface area contributed by atoms with Crippen molar-refractivity contribution in [3.8, 4) is 33.9 Å². The molecule has 1 amide bonds. The minimum atomic E-state index is 0.0508. The lowest BCUT2D eigenvalue weighted by Crippen LogP contribution is -2.28. The van der Waals surface area contributed by atoms with E-state index in [0.29, 0.717) is 34.1 Å². The zero-order valence-electron chi connectivity index (χ0n) is 19.6. The van der Waals surface area contributed by atoms with E-state index in [9.17, 15) is 4.79 Å². The molecule has 0 radical (unpaired) electrons. The maximum Gasteiger partial charge on any atom is 0.227 e. The number of rotatable bonds is 5. The summed E-state index contributed by atoms with van der Waals surface area (Å²) in [6.07, 6.45) is 11.7. The Hall–Kier alpha value is -4.99. The highest BCUT2D eigenvalue weighted by atomic mass is 16.1. The maximum absolute atomic E-state index is 12.4. The zero-order valence-corrected chi connectivity index (χ0v) is 19.6. The van der Waals surface area contributed by atoms with Gasteiger partial charge in [-0.15, -0.1) is 0 Å². The Morgan fingerprint density at radius 2 is 1.86 bits per heavy atom. The Morgan fingerprint density at radius 1 is 0.946 bits per heavy atom. The number of hydrogen-bond acceptors (Lipinski definition) is 7. The number of fused-ring (bicyclic) bond motifs is 2. The van der Waals surface area contributed by atoms with Crippen LogP contribution in [0.3, 0.4) is 0 Å². The number of anilines is 1. The molecule has 37 heavy (non-hydrogen) atoms. The van der Waals surface area contributed by atoms with E-state index in [1.54, 1.807) is 31.0 Å². The average molecular weight is 488 g/mol. The molecule has 6 heterocycles. The fraction of sp³-hybridized carbons (Fsp3) is 0.148. The van der Waals surface area contributed by atoms with Crippen molar-refractivity contribution in [2.24, 2.45) is 5.92 Å². The molecule has 3 N–H and O–H groups in total. The number of nitrogens with one attached hydrogen (secondary N) is 3. The van der Waals surface area contributed by atoms with Crippen LogP contribution in [0, 0.1) is 5.92 Å². The smallest absolute Gasteiger partial charge is 0.227 e. The third kappa shape index (κ3) is 3.79. The van der Waals surface area contributed by atoms with Crippen LogP contribution in [0.5, 0.6) is 0 Å². The first-order chi connectivity index (χ1) is 18.2. The van der Waals surface area contributed by atoms with Crippen LogP contribution < -0.4 is 5.32 Å². The van der Waals surface area contributed by atoms with E-state index in [4.69, 9.17) is 9.97 Å². The molecule has 180 valence electrons. The lowest BCUT2D eigenvalue weighted by atomic mass is 9.85. The molecule has 7 rings (SSSR count). The largest absolute Gasteiger partial charge is 0.324 e. The fourth-order valence-electron chi connectivity index (χ4n) is 4.57. The molecule has 1 fully saturated rings. The second kappa shape index (κ2) is 8.59. The third-order valence-corrected chi connectivity index (χ3v) is 6.77. The fourth-order valence-corrected chi connectivity index (χ4v) is 4.57. The van der Waals surface area contributed by atoms with Crippen molar-refractivity contribution in [2.75, 3.05) is 5.32 Å². The Labute approximate surface area is 210 Å². The first-order valence-electron chi connectivity index (χ1n) is 12.1. The van der Waals surface area contributed by atoms with Crippen molar-refractivity contribution in [1.82, 2.24) is 40.1 Å². The number of imidazole rings is 1. The number of H-pyrrole nitrogens is 2. The second-order valence-electron chi connectivity index (χ2n) is 9.13. The van der Waals surface area contributed by atoms with Gasteiger partial charge in [0, 0.05) is 47.4 Å². The lowest BCUT2D eigenvalue weighted by Gasteiger charge is -2.24. The van der Waals surface area contributed by atoms with Crippen molar-refractivity contribution in [3.63, 3.8) is 0 Å². The zero-order chi connectivity index (χ0) is 24.8. The molecule has 0 spiro atoms. The summed E-state index contributed by atoms with van der Waals surface area (Å²) in [5.41, 5.74) is 7.49. The Kier molecular flexibility index (Phi) is 4.95. The molecule has 1 saturated carbocycles. The summed E-state index contributed by atoms with van der Waals surface area (Å²) < 4.78 is 0. The monoisotopic (exact) mass is 487 g/mol. The second-order valence-corrected chi connectivity index (χ2v) is 9.13. The van der Waals surface area contributed by atoms with Crippen LogP contribution >= 0.6 is 0 Å². The highest BCUT2D eigenvalue weighted by Crippen LogP contribution is 2.31. The van der Waals surface area contributed by atoms with Gasteiger partial charge in [0.25, 0.3) is 0 Å². The summed E-state index contributed by atoms with van der Waals surface area (Å²) >= 11 is 0. The molecule has 0 saturated heterocycles. The van der Waals surface area contributed by atoms with E-state index < -0.39 is 0 Å². The molecular formula is C27H21N9O. The first kappa shape index (κ1) is 21.3. The van der Waals surface area contributed by atoms with Crippen LogP contribution in [0.25, 0.3) is 56.1 Å². The first-order valence-corrected chi connectivity index (χ1v) is 12.1. The molecule has 0 unspecified atom stereocenters. The molecule has 0 aromatic carbocycles. The maximum atomic E-state index is 12.4. The predicted molar refractivity (Wildman–Crippen MR) is 139 cm³/mol. The van der Waals surface area contributed by atoms with Gasteiger partial charge in [-0.05, 0) is 43.2 Å². The van der Waals surface area contributed by atoms with Gasteiger partial charge in [0.2, 0.25) is 5.91 Å². The van der Waals surface area contributed by atoms with Crippen molar-refractivity contribution < 1.29 is 4.79 Å². The summed E-state index contributed by atoms with van der Waals surface area (Å²) in [6.45, 7) is 0. The molecular weight excluding hydrogens is 466 g/mol. The van der Waals surface area contributed by atoms with Gasteiger partial charge < -0.3 is 10.3 Å². The number of amides is 1. The molecule has 0 atom stereocenters. The minimum absolute atomic E-state index is 0.0508.